The topological polar surface area (TPSA) is 58.6 Å². The summed E-state index contributed by atoms with van der Waals surface area (Å²) in [6.07, 6.45) is 1.44. The molecule has 0 fully saturated rings. The third-order valence-corrected chi connectivity index (χ3v) is 3.14. The van der Waals surface area contributed by atoms with Crippen molar-refractivity contribution < 1.29 is 14.6 Å². The number of carbonyl (C=O) groups is 1. The van der Waals surface area contributed by atoms with E-state index in [4.69, 9.17) is 21.4 Å². The number of aliphatic carboxylic acids is 1. The van der Waals surface area contributed by atoms with Gasteiger partial charge in [0.05, 0.1) is 5.02 Å². The first-order chi connectivity index (χ1) is 9.58. The fourth-order valence-corrected chi connectivity index (χ4v) is 2.06. The lowest BCUT2D eigenvalue weighted by Crippen LogP contribution is -2.26. The SMILES string of the molecule is CCCNCc1ccc(OC(CCC)C(=O)O)c(Cl)c1. The van der Waals surface area contributed by atoms with E-state index in [0.29, 0.717) is 17.2 Å². The van der Waals surface area contributed by atoms with Crippen molar-refractivity contribution in [3.63, 3.8) is 0 Å². The Hall–Kier alpha value is -1.26. The molecule has 0 aliphatic heterocycles. The molecule has 4 nitrogen and oxygen atoms in total. The molecule has 0 radical (unpaired) electrons. The second kappa shape index (κ2) is 8.82. The third kappa shape index (κ3) is 5.39. The van der Waals surface area contributed by atoms with Gasteiger partial charge in [0.2, 0.25) is 0 Å². The molecule has 1 rings (SSSR count). The van der Waals surface area contributed by atoms with Crippen LogP contribution < -0.4 is 10.1 Å². The molecule has 0 bridgehead atoms. The normalized spacial score (nSPS) is 12.2. The molecule has 112 valence electrons. The molecule has 1 unspecified atom stereocenters. The van der Waals surface area contributed by atoms with Crippen molar-refractivity contribution in [3.05, 3.63) is 28.8 Å². The zero-order valence-corrected chi connectivity index (χ0v) is 12.7. The molecule has 0 aliphatic rings. The number of carboxylic acids is 1. The van der Waals surface area contributed by atoms with E-state index in [9.17, 15) is 4.79 Å². The van der Waals surface area contributed by atoms with Gasteiger partial charge in [-0.15, -0.1) is 0 Å². The molecular weight excluding hydrogens is 278 g/mol. The number of rotatable bonds is 9. The zero-order valence-electron chi connectivity index (χ0n) is 12.0. The molecule has 1 aromatic carbocycles. The second-order valence-corrected chi connectivity index (χ2v) is 5.08. The van der Waals surface area contributed by atoms with Crippen molar-refractivity contribution in [2.45, 2.75) is 45.8 Å². The summed E-state index contributed by atoms with van der Waals surface area (Å²) in [7, 11) is 0. The molecule has 2 N–H and O–H groups in total. The van der Waals surface area contributed by atoms with E-state index in [2.05, 4.69) is 12.2 Å². The Balaban J connectivity index is 2.69. The first-order valence-corrected chi connectivity index (χ1v) is 7.34. The Morgan fingerprint density at radius 2 is 2.15 bits per heavy atom. The maximum Gasteiger partial charge on any atom is 0.344 e. The fraction of sp³-hybridized carbons (Fsp3) is 0.533. The van der Waals surface area contributed by atoms with Crippen LogP contribution in [-0.4, -0.2) is 23.7 Å². The van der Waals surface area contributed by atoms with E-state index in [0.717, 1.165) is 31.5 Å². The molecule has 0 saturated heterocycles. The van der Waals surface area contributed by atoms with E-state index in [1.165, 1.54) is 0 Å². The number of hydrogen-bond acceptors (Lipinski definition) is 3. The summed E-state index contributed by atoms with van der Waals surface area (Å²) < 4.78 is 5.48. The van der Waals surface area contributed by atoms with E-state index < -0.39 is 12.1 Å². The van der Waals surface area contributed by atoms with Gasteiger partial charge in [-0.3, -0.25) is 0 Å². The highest BCUT2D eigenvalue weighted by Crippen LogP contribution is 2.27. The first kappa shape index (κ1) is 16.8. The van der Waals surface area contributed by atoms with Crippen molar-refractivity contribution in [2.24, 2.45) is 0 Å². The van der Waals surface area contributed by atoms with Crippen LogP contribution in [-0.2, 0) is 11.3 Å². The molecule has 0 heterocycles. The summed E-state index contributed by atoms with van der Waals surface area (Å²) in [6.45, 7) is 5.72. The first-order valence-electron chi connectivity index (χ1n) is 6.97. The van der Waals surface area contributed by atoms with Crippen LogP contribution in [0.5, 0.6) is 5.75 Å². The molecule has 0 saturated carbocycles. The van der Waals surface area contributed by atoms with Crippen LogP contribution in [0.3, 0.4) is 0 Å². The molecule has 5 heteroatoms. The Labute approximate surface area is 125 Å². The number of halogens is 1. The van der Waals surface area contributed by atoms with Crippen LogP contribution in [0.2, 0.25) is 5.02 Å². The fourth-order valence-electron chi connectivity index (χ4n) is 1.81. The van der Waals surface area contributed by atoms with Gasteiger partial charge in [-0.2, -0.15) is 0 Å². The minimum atomic E-state index is -0.961. The minimum absolute atomic E-state index is 0.423. The average molecular weight is 300 g/mol. The Morgan fingerprint density at radius 3 is 2.70 bits per heavy atom. The van der Waals surface area contributed by atoms with Crippen molar-refractivity contribution in [2.75, 3.05) is 6.54 Å². The molecule has 1 aromatic rings. The maximum absolute atomic E-state index is 11.1. The molecule has 0 spiro atoms. The summed E-state index contributed by atoms with van der Waals surface area (Å²) in [5.41, 5.74) is 1.05. The number of nitrogens with one attached hydrogen (secondary N) is 1. The van der Waals surface area contributed by atoms with E-state index in [-0.39, 0.29) is 0 Å². The minimum Gasteiger partial charge on any atom is -0.479 e. The van der Waals surface area contributed by atoms with Crippen LogP contribution in [0.4, 0.5) is 0 Å². The number of hydrogen-bond donors (Lipinski definition) is 2. The molecular formula is C15H22ClNO3. The van der Waals surface area contributed by atoms with Crippen LogP contribution >= 0.6 is 11.6 Å². The van der Waals surface area contributed by atoms with Gasteiger partial charge >= 0.3 is 5.97 Å². The highest BCUT2D eigenvalue weighted by atomic mass is 35.5. The van der Waals surface area contributed by atoms with Gasteiger partial charge in [-0.1, -0.05) is 37.9 Å². The van der Waals surface area contributed by atoms with E-state index in [1.54, 1.807) is 6.07 Å². The summed E-state index contributed by atoms with van der Waals surface area (Å²) in [6, 6.07) is 5.44. The Bertz CT molecular complexity index is 437. The maximum atomic E-state index is 11.1. The molecule has 0 amide bonds. The van der Waals surface area contributed by atoms with Crippen molar-refractivity contribution in [3.8, 4) is 5.75 Å². The lowest BCUT2D eigenvalue weighted by atomic mass is 10.2. The molecule has 1 atom stereocenters. The van der Waals surface area contributed by atoms with Crippen LogP contribution in [0.15, 0.2) is 18.2 Å². The summed E-state index contributed by atoms with van der Waals surface area (Å²) in [5.74, 6) is -0.539. The predicted octanol–water partition coefficient (Wildman–Crippen LogP) is 3.47. The monoisotopic (exact) mass is 299 g/mol. The zero-order chi connectivity index (χ0) is 15.0. The van der Waals surface area contributed by atoms with Crippen LogP contribution in [0.1, 0.15) is 38.7 Å². The van der Waals surface area contributed by atoms with Gasteiger partial charge < -0.3 is 15.2 Å². The van der Waals surface area contributed by atoms with Gasteiger partial charge in [0.15, 0.2) is 6.10 Å². The van der Waals surface area contributed by atoms with Crippen molar-refractivity contribution in [1.29, 1.82) is 0 Å². The lowest BCUT2D eigenvalue weighted by molar-refractivity contribution is -0.145. The number of carboxylic acid groups (broad SMARTS) is 1. The van der Waals surface area contributed by atoms with E-state index in [1.807, 2.05) is 19.1 Å². The third-order valence-electron chi connectivity index (χ3n) is 2.85. The van der Waals surface area contributed by atoms with Crippen molar-refractivity contribution >= 4 is 17.6 Å². The van der Waals surface area contributed by atoms with Gasteiger partial charge in [-0.25, -0.2) is 4.79 Å². The second-order valence-electron chi connectivity index (χ2n) is 4.67. The largest absolute Gasteiger partial charge is 0.479 e. The quantitative estimate of drug-likeness (QED) is 0.686. The Kier molecular flexibility index (Phi) is 7.41. The van der Waals surface area contributed by atoms with E-state index >= 15 is 0 Å². The summed E-state index contributed by atoms with van der Waals surface area (Å²) in [5, 5.41) is 12.8. The van der Waals surface area contributed by atoms with Gasteiger partial charge in [0.25, 0.3) is 0 Å². The van der Waals surface area contributed by atoms with Crippen LogP contribution in [0.25, 0.3) is 0 Å². The number of benzene rings is 1. The number of ether oxygens (including phenoxy) is 1. The molecule has 0 aromatic heterocycles. The Morgan fingerprint density at radius 1 is 1.40 bits per heavy atom. The van der Waals surface area contributed by atoms with Crippen LogP contribution in [0, 0.1) is 0 Å². The highest BCUT2D eigenvalue weighted by molar-refractivity contribution is 6.32. The highest BCUT2D eigenvalue weighted by Gasteiger charge is 2.19. The van der Waals surface area contributed by atoms with Gasteiger partial charge in [-0.05, 0) is 37.1 Å². The summed E-state index contributed by atoms with van der Waals surface area (Å²) >= 11 is 6.15. The molecule has 0 aliphatic carbocycles. The lowest BCUT2D eigenvalue weighted by Gasteiger charge is -2.16. The smallest absolute Gasteiger partial charge is 0.344 e. The molecule has 20 heavy (non-hydrogen) atoms. The van der Waals surface area contributed by atoms with Gasteiger partial charge in [0, 0.05) is 6.54 Å². The van der Waals surface area contributed by atoms with Gasteiger partial charge in [0.1, 0.15) is 5.75 Å². The standard InChI is InChI=1S/C15H22ClNO3/c1-3-5-14(15(18)19)20-13-7-6-11(9-12(13)16)10-17-8-4-2/h6-7,9,14,17H,3-5,8,10H2,1-2H3,(H,18,19). The summed E-state index contributed by atoms with van der Waals surface area (Å²) in [4.78, 5) is 11.1. The predicted molar refractivity (Wildman–Crippen MR) is 80.4 cm³/mol. The average Bonchev–Trinajstić information content (AvgIpc) is 2.41. The van der Waals surface area contributed by atoms with Crippen molar-refractivity contribution in [1.82, 2.24) is 5.32 Å².